The number of aromatic amines is 1. The van der Waals surface area contributed by atoms with Gasteiger partial charge >= 0.3 is 0 Å². The average Bonchev–Trinajstić information content (AvgIpc) is 2.87. The maximum Gasteiger partial charge on any atom is 0.0847 e. The van der Waals surface area contributed by atoms with E-state index in [1.165, 1.54) is 18.5 Å². The summed E-state index contributed by atoms with van der Waals surface area (Å²) in [7, 11) is 0. The van der Waals surface area contributed by atoms with Crippen molar-refractivity contribution >= 4 is 0 Å². The Kier molecular flexibility index (Phi) is 3.28. The Hall–Kier alpha value is -0.910. The molecule has 3 aliphatic rings. The van der Waals surface area contributed by atoms with Crippen LogP contribution in [0.1, 0.15) is 31.4 Å². The summed E-state index contributed by atoms with van der Waals surface area (Å²) < 4.78 is 12.1. The molecule has 3 heterocycles. The molecule has 5 heteroatoms. The van der Waals surface area contributed by atoms with E-state index in [4.69, 9.17) is 9.47 Å². The van der Waals surface area contributed by atoms with Gasteiger partial charge in [0.2, 0.25) is 0 Å². The van der Waals surface area contributed by atoms with E-state index in [0.717, 1.165) is 51.6 Å². The zero-order chi connectivity index (χ0) is 13.4. The molecule has 0 aromatic carbocycles. The van der Waals surface area contributed by atoms with Crippen LogP contribution in [0.3, 0.4) is 0 Å². The molecule has 4 rings (SSSR count). The molecule has 0 amide bonds. The number of rotatable bonds is 5. The summed E-state index contributed by atoms with van der Waals surface area (Å²) in [6.45, 7) is 4.80. The van der Waals surface area contributed by atoms with Crippen LogP contribution in [-0.4, -0.2) is 53.1 Å². The third-order valence-electron chi connectivity index (χ3n) is 4.79. The second-order valence-corrected chi connectivity index (χ2v) is 6.64. The highest BCUT2D eigenvalue weighted by molar-refractivity contribution is 5.02. The molecule has 1 aromatic rings. The number of H-pyrrole nitrogens is 1. The zero-order valence-corrected chi connectivity index (χ0v) is 11.9. The Morgan fingerprint density at radius 3 is 3.25 bits per heavy atom. The summed E-state index contributed by atoms with van der Waals surface area (Å²) >= 11 is 0. The van der Waals surface area contributed by atoms with Crippen molar-refractivity contribution < 1.29 is 9.47 Å². The van der Waals surface area contributed by atoms with Gasteiger partial charge < -0.3 is 9.47 Å². The molecule has 0 bridgehead atoms. The number of likely N-dealkylation sites (tertiary alicyclic amines) is 1. The first-order valence-electron chi connectivity index (χ1n) is 7.78. The minimum Gasteiger partial charge on any atom is -0.375 e. The third-order valence-corrected chi connectivity index (χ3v) is 4.79. The molecule has 20 heavy (non-hydrogen) atoms. The fourth-order valence-corrected chi connectivity index (χ4v) is 3.43. The van der Waals surface area contributed by atoms with E-state index in [1.54, 1.807) is 0 Å². The minimum atomic E-state index is 0.0498. The van der Waals surface area contributed by atoms with Gasteiger partial charge in [-0.15, -0.1) is 0 Å². The minimum absolute atomic E-state index is 0.0498. The fraction of sp³-hybridized carbons (Fsp3) is 0.800. The molecule has 110 valence electrons. The lowest BCUT2D eigenvalue weighted by Gasteiger charge is -2.23. The highest BCUT2D eigenvalue weighted by Crippen LogP contribution is 2.37. The van der Waals surface area contributed by atoms with Crippen molar-refractivity contribution in [1.82, 2.24) is 15.1 Å². The standard InChI is InChI=1S/C15H23N3O2/c1-2-12(1)9-19-14-7-15(20-10-14)4-6-18(11-15)8-13-3-5-16-17-13/h3,5,12,14H,1-2,4,6-11H2,(H,16,17)/t14-,15+/m1/s1. The van der Waals surface area contributed by atoms with Gasteiger partial charge in [0.05, 0.1) is 18.3 Å². The van der Waals surface area contributed by atoms with Crippen LogP contribution in [0.15, 0.2) is 12.3 Å². The highest BCUT2D eigenvalue weighted by Gasteiger charge is 2.46. The van der Waals surface area contributed by atoms with Crippen molar-refractivity contribution in [3.05, 3.63) is 18.0 Å². The summed E-state index contributed by atoms with van der Waals surface area (Å²) in [4.78, 5) is 2.46. The molecular formula is C15H23N3O2. The molecule has 3 fully saturated rings. The molecule has 5 nitrogen and oxygen atoms in total. The number of hydrogen-bond acceptors (Lipinski definition) is 4. The lowest BCUT2D eigenvalue weighted by Crippen LogP contribution is -2.33. The third kappa shape index (κ3) is 2.75. The van der Waals surface area contributed by atoms with Crippen LogP contribution < -0.4 is 0 Å². The number of ether oxygens (including phenoxy) is 2. The molecular weight excluding hydrogens is 254 g/mol. The predicted octanol–water partition coefficient (Wildman–Crippen LogP) is 1.57. The van der Waals surface area contributed by atoms with Gasteiger partial charge in [-0.3, -0.25) is 10.00 Å². The Balaban J connectivity index is 1.28. The van der Waals surface area contributed by atoms with Gasteiger partial charge in [-0.25, -0.2) is 0 Å². The number of nitrogens with one attached hydrogen (secondary N) is 1. The predicted molar refractivity (Wildman–Crippen MR) is 74.2 cm³/mol. The van der Waals surface area contributed by atoms with E-state index < -0.39 is 0 Å². The van der Waals surface area contributed by atoms with Crippen LogP contribution in [-0.2, 0) is 16.0 Å². The van der Waals surface area contributed by atoms with Gasteiger partial charge in [0.25, 0.3) is 0 Å². The van der Waals surface area contributed by atoms with Gasteiger partial charge in [0, 0.05) is 44.6 Å². The first-order valence-corrected chi connectivity index (χ1v) is 7.78. The number of hydrogen-bond donors (Lipinski definition) is 1. The molecule has 1 spiro atoms. The number of aromatic nitrogens is 2. The summed E-state index contributed by atoms with van der Waals surface area (Å²) in [5, 5.41) is 7.04. The summed E-state index contributed by atoms with van der Waals surface area (Å²) in [6.07, 6.45) is 7.05. The molecule has 2 saturated heterocycles. The lowest BCUT2D eigenvalue weighted by atomic mass is 9.98. The molecule has 2 atom stereocenters. The quantitative estimate of drug-likeness (QED) is 0.887. The van der Waals surface area contributed by atoms with Gasteiger partial charge in [-0.2, -0.15) is 5.10 Å². The van der Waals surface area contributed by atoms with E-state index in [2.05, 4.69) is 15.1 Å². The molecule has 1 N–H and O–H groups in total. The van der Waals surface area contributed by atoms with Crippen LogP contribution >= 0.6 is 0 Å². The van der Waals surface area contributed by atoms with Crippen molar-refractivity contribution in [2.24, 2.45) is 5.92 Å². The number of nitrogens with zero attached hydrogens (tertiary/aromatic N) is 2. The molecule has 1 saturated carbocycles. The monoisotopic (exact) mass is 277 g/mol. The lowest BCUT2D eigenvalue weighted by molar-refractivity contribution is 0.000802. The Bertz CT molecular complexity index is 446. The normalized spacial score (nSPS) is 34.3. The van der Waals surface area contributed by atoms with Crippen molar-refractivity contribution in [3.63, 3.8) is 0 Å². The largest absolute Gasteiger partial charge is 0.375 e. The average molecular weight is 277 g/mol. The van der Waals surface area contributed by atoms with Gasteiger partial charge in [-0.05, 0) is 31.2 Å². The van der Waals surface area contributed by atoms with E-state index in [1.807, 2.05) is 12.3 Å². The maximum absolute atomic E-state index is 6.12. The molecule has 0 unspecified atom stereocenters. The van der Waals surface area contributed by atoms with Crippen molar-refractivity contribution in [1.29, 1.82) is 0 Å². The highest BCUT2D eigenvalue weighted by atomic mass is 16.6. The second-order valence-electron chi connectivity index (χ2n) is 6.64. The molecule has 1 aliphatic carbocycles. The van der Waals surface area contributed by atoms with Crippen molar-refractivity contribution in [3.8, 4) is 0 Å². The molecule has 2 aliphatic heterocycles. The van der Waals surface area contributed by atoms with Gasteiger partial charge in [-0.1, -0.05) is 0 Å². The van der Waals surface area contributed by atoms with Crippen molar-refractivity contribution in [2.75, 3.05) is 26.3 Å². The van der Waals surface area contributed by atoms with Crippen LogP contribution in [0.5, 0.6) is 0 Å². The summed E-state index contributed by atoms with van der Waals surface area (Å²) in [5.74, 6) is 0.840. The molecule has 1 aromatic heterocycles. The van der Waals surface area contributed by atoms with Gasteiger partial charge in [0.15, 0.2) is 0 Å². The van der Waals surface area contributed by atoms with E-state index in [9.17, 15) is 0 Å². The fourth-order valence-electron chi connectivity index (χ4n) is 3.43. The van der Waals surface area contributed by atoms with E-state index in [-0.39, 0.29) is 5.60 Å². The summed E-state index contributed by atoms with van der Waals surface area (Å²) in [5.41, 5.74) is 1.23. The Morgan fingerprint density at radius 2 is 2.45 bits per heavy atom. The van der Waals surface area contributed by atoms with Crippen LogP contribution in [0.4, 0.5) is 0 Å². The maximum atomic E-state index is 6.12. The molecule has 0 radical (unpaired) electrons. The SMILES string of the molecule is c1cc(CN2CC[C@]3(C[C@@H](OCC4CC4)CO3)C2)[nH]n1. The Morgan fingerprint density at radius 1 is 1.50 bits per heavy atom. The smallest absolute Gasteiger partial charge is 0.0847 e. The van der Waals surface area contributed by atoms with Crippen LogP contribution in [0, 0.1) is 5.92 Å². The van der Waals surface area contributed by atoms with Crippen molar-refractivity contribution in [2.45, 2.75) is 43.9 Å². The van der Waals surface area contributed by atoms with E-state index in [0.29, 0.717) is 6.10 Å². The van der Waals surface area contributed by atoms with Gasteiger partial charge in [0.1, 0.15) is 0 Å². The first kappa shape index (κ1) is 12.8. The summed E-state index contributed by atoms with van der Waals surface area (Å²) in [6, 6.07) is 2.04. The topological polar surface area (TPSA) is 50.4 Å². The van der Waals surface area contributed by atoms with E-state index >= 15 is 0 Å². The van der Waals surface area contributed by atoms with Crippen LogP contribution in [0.25, 0.3) is 0 Å². The van der Waals surface area contributed by atoms with Crippen LogP contribution in [0.2, 0.25) is 0 Å². The Labute approximate surface area is 119 Å². The second kappa shape index (κ2) is 5.13. The first-order chi connectivity index (χ1) is 9.81. The zero-order valence-electron chi connectivity index (χ0n) is 11.9.